The summed E-state index contributed by atoms with van der Waals surface area (Å²) in [5.41, 5.74) is 7.09. The Morgan fingerprint density at radius 1 is 1.14 bits per heavy atom. The number of hydrogen-bond donors (Lipinski definition) is 2. The van der Waals surface area contributed by atoms with Gasteiger partial charge in [0, 0.05) is 24.8 Å². The zero-order valence-electron chi connectivity index (χ0n) is 15.3. The molecule has 0 spiro atoms. The molecule has 10 heteroatoms. The largest absolute Gasteiger partial charge is 0.416 e. The summed E-state index contributed by atoms with van der Waals surface area (Å²) < 4.78 is 45.7. The van der Waals surface area contributed by atoms with Gasteiger partial charge >= 0.3 is 6.18 Å². The molecule has 1 saturated heterocycles. The van der Waals surface area contributed by atoms with Gasteiger partial charge in [0.15, 0.2) is 0 Å². The molecule has 29 heavy (non-hydrogen) atoms. The quantitative estimate of drug-likeness (QED) is 0.680. The van der Waals surface area contributed by atoms with E-state index in [1.54, 1.807) is 16.9 Å². The van der Waals surface area contributed by atoms with Crippen molar-refractivity contribution in [1.29, 1.82) is 0 Å². The Bertz CT molecular complexity index is 955. The highest BCUT2D eigenvalue weighted by molar-refractivity contribution is 5.57. The van der Waals surface area contributed by atoms with Crippen LogP contribution in [0.3, 0.4) is 0 Å². The molecule has 0 saturated carbocycles. The molecule has 0 radical (unpaired) electrons. The molecule has 1 aliphatic rings. The Kier molecular flexibility index (Phi) is 5.20. The Balaban J connectivity index is 1.41. The van der Waals surface area contributed by atoms with Gasteiger partial charge in [-0.25, -0.2) is 9.67 Å². The second-order valence-electron chi connectivity index (χ2n) is 6.83. The maximum atomic E-state index is 12.7. The lowest BCUT2D eigenvalue weighted by Gasteiger charge is -2.19. The van der Waals surface area contributed by atoms with Crippen molar-refractivity contribution in [3.05, 3.63) is 59.9 Å². The normalized spacial score (nSPS) is 19.6. The number of anilines is 1. The van der Waals surface area contributed by atoms with Crippen LogP contribution in [0.4, 0.5) is 19.0 Å². The minimum Gasteiger partial charge on any atom is -0.384 e. The van der Waals surface area contributed by atoms with Gasteiger partial charge in [-0.15, -0.1) is 5.10 Å². The molecule has 3 N–H and O–H groups in total. The van der Waals surface area contributed by atoms with Crippen molar-refractivity contribution < 1.29 is 17.9 Å². The fraction of sp³-hybridized carbons (Fsp3) is 0.316. The van der Waals surface area contributed by atoms with E-state index < -0.39 is 11.7 Å². The van der Waals surface area contributed by atoms with Crippen molar-refractivity contribution in [1.82, 2.24) is 25.3 Å². The lowest BCUT2D eigenvalue weighted by molar-refractivity contribution is -0.137. The summed E-state index contributed by atoms with van der Waals surface area (Å²) in [6.07, 6.45) is -1.07. The van der Waals surface area contributed by atoms with Gasteiger partial charge < -0.3 is 15.8 Å². The summed E-state index contributed by atoms with van der Waals surface area (Å²) in [6, 6.07) is 8.43. The molecule has 2 atom stereocenters. The number of aromatic nitrogens is 4. The van der Waals surface area contributed by atoms with Gasteiger partial charge in [-0.1, -0.05) is 17.3 Å². The molecule has 7 nitrogen and oxygen atoms in total. The summed E-state index contributed by atoms with van der Waals surface area (Å²) in [5, 5.41) is 11.6. The van der Waals surface area contributed by atoms with E-state index in [-0.39, 0.29) is 18.8 Å². The molecule has 0 bridgehead atoms. The third kappa shape index (κ3) is 4.38. The molecule has 1 aromatic carbocycles. The zero-order chi connectivity index (χ0) is 20.4. The number of nitrogens with two attached hydrogens (primary N) is 1. The molecule has 0 amide bonds. The number of alkyl halides is 3. The number of nitrogens with one attached hydrogen (secondary N) is 1. The van der Waals surface area contributed by atoms with E-state index in [9.17, 15) is 13.2 Å². The summed E-state index contributed by atoms with van der Waals surface area (Å²) in [4.78, 5) is 4.05. The van der Waals surface area contributed by atoms with E-state index in [4.69, 9.17) is 10.5 Å². The van der Waals surface area contributed by atoms with E-state index >= 15 is 0 Å². The fourth-order valence-corrected chi connectivity index (χ4v) is 3.20. The number of hydrogen-bond acceptors (Lipinski definition) is 6. The molecular weight excluding hydrogens is 385 g/mol. The average Bonchev–Trinajstić information content (AvgIpc) is 3.36. The standard InChI is InChI=1S/C19H19F3N6O/c20-19(21,22)14-4-1-12(2-5-14)11-29-17-9-24-8-16(17)28-10-15(26-27-28)13-3-6-18(23)25-7-13/h1-7,10,16-17,24H,8-9,11H2,(H2,23,25). The molecule has 2 unspecified atom stereocenters. The van der Waals surface area contributed by atoms with Crippen LogP contribution < -0.4 is 11.1 Å². The second kappa shape index (κ2) is 7.80. The molecule has 3 heterocycles. The summed E-state index contributed by atoms with van der Waals surface area (Å²) >= 11 is 0. The third-order valence-electron chi connectivity index (χ3n) is 4.81. The smallest absolute Gasteiger partial charge is 0.384 e. The van der Waals surface area contributed by atoms with E-state index in [1.807, 2.05) is 12.3 Å². The molecule has 4 rings (SSSR count). The number of benzene rings is 1. The van der Waals surface area contributed by atoms with Gasteiger partial charge in [0.2, 0.25) is 0 Å². The first kappa shape index (κ1) is 19.3. The third-order valence-corrected chi connectivity index (χ3v) is 4.81. The van der Waals surface area contributed by atoms with Gasteiger partial charge in [-0.2, -0.15) is 13.2 Å². The SMILES string of the molecule is Nc1ccc(-c2cn(C3CNCC3OCc3ccc(C(F)(F)F)cc3)nn2)cn1. The summed E-state index contributed by atoms with van der Waals surface area (Å²) in [5.74, 6) is 0.429. The number of halogens is 3. The zero-order valence-corrected chi connectivity index (χ0v) is 15.3. The first-order valence-electron chi connectivity index (χ1n) is 9.02. The average molecular weight is 404 g/mol. The first-order valence-corrected chi connectivity index (χ1v) is 9.02. The number of pyridine rings is 1. The van der Waals surface area contributed by atoms with Crippen LogP contribution in [0.2, 0.25) is 0 Å². The van der Waals surface area contributed by atoms with E-state index in [1.165, 1.54) is 12.1 Å². The predicted molar refractivity (Wildman–Crippen MR) is 99.6 cm³/mol. The van der Waals surface area contributed by atoms with E-state index in [0.717, 1.165) is 17.7 Å². The Morgan fingerprint density at radius 2 is 1.93 bits per heavy atom. The number of ether oxygens (including phenoxy) is 1. The lowest BCUT2D eigenvalue weighted by Crippen LogP contribution is -2.26. The van der Waals surface area contributed by atoms with Crippen molar-refractivity contribution in [3.63, 3.8) is 0 Å². The minimum atomic E-state index is -4.34. The van der Waals surface area contributed by atoms with Gasteiger partial charge in [-0.3, -0.25) is 0 Å². The molecule has 0 aliphatic carbocycles. The predicted octanol–water partition coefficient (Wildman–Crippen LogP) is 2.67. The molecule has 1 fully saturated rings. The van der Waals surface area contributed by atoms with Crippen LogP contribution in [-0.2, 0) is 17.5 Å². The topological polar surface area (TPSA) is 90.9 Å². The van der Waals surface area contributed by atoms with Crippen molar-refractivity contribution in [2.75, 3.05) is 18.8 Å². The highest BCUT2D eigenvalue weighted by Gasteiger charge is 2.31. The van der Waals surface area contributed by atoms with Crippen LogP contribution in [0.25, 0.3) is 11.3 Å². The van der Waals surface area contributed by atoms with Crippen LogP contribution in [0, 0.1) is 0 Å². The number of nitrogens with zero attached hydrogens (tertiary/aromatic N) is 4. The molecule has 2 aromatic heterocycles. The minimum absolute atomic E-state index is 0.0764. The van der Waals surface area contributed by atoms with Crippen molar-refractivity contribution >= 4 is 5.82 Å². The van der Waals surface area contributed by atoms with Gasteiger partial charge in [0.05, 0.1) is 30.5 Å². The highest BCUT2D eigenvalue weighted by atomic mass is 19.4. The molecule has 152 valence electrons. The van der Waals surface area contributed by atoms with Crippen LogP contribution in [-0.4, -0.2) is 39.2 Å². The molecule has 3 aromatic rings. The van der Waals surface area contributed by atoms with Crippen LogP contribution in [0.1, 0.15) is 17.2 Å². The summed E-state index contributed by atoms with van der Waals surface area (Å²) in [7, 11) is 0. The lowest BCUT2D eigenvalue weighted by atomic mass is 10.1. The molecule has 1 aliphatic heterocycles. The molecular formula is C19H19F3N6O. The monoisotopic (exact) mass is 404 g/mol. The summed E-state index contributed by atoms with van der Waals surface area (Å²) in [6.45, 7) is 1.48. The van der Waals surface area contributed by atoms with Gasteiger partial charge in [-0.05, 0) is 29.8 Å². The van der Waals surface area contributed by atoms with Crippen LogP contribution in [0.15, 0.2) is 48.8 Å². The fourth-order valence-electron chi connectivity index (χ4n) is 3.20. The number of rotatable bonds is 5. The highest BCUT2D eigenvalue weighted by Crippen LogP contribution is 2.29. The van der Waals surface area contributed by atoms with E-state index in [0.29, 0.717) is 30.2 Å². The number of nitrogen functional groups attached to an aromatic ring is 1. The Morgan fingerprint density at radius 3 is 2.62 bits per heavy atom. The first-order chi connectivity index (χ1) is 13.9. The Labute approximate surface area is 164 Å². The van der Waals surface area contributed by atoms with Gasteiger partial charge in [0.25, 0.3) is 0 Å². The van der Waals surface area contributed by atoms with Crippen LogP contribution in [0.5, 0.6) is 0 Å². The van der Waals surface area contributed by atoms with Crippen molar-refractivity contribution in [3.8, 4) is 11.3 Å². The maximum Gasteiger partial charge on any atom is 0.416 e. The second-order valence-corrected chi connectivity index (χ2v) is 6.83. The van der Waals surface area contributed by atoms with Crippen molar-refractivity contribution in [2.24, 2.45) is 0 Å². The van der Waals surface area contributed by atoms with E-state index in [2.05, 4.69) is 20.6 Å². The Hall–Kier alpha value is -2.98. The maximum absolute atomic E-state index is 12.7. The van der Waals surface area contributed by atoms with Crippen molar-refractivity contribution in [2.45, 2.75) is 24.9 Å². The van der Waals surface area contributed by atoms with Crippen LogP contribution >= 0.6 is 0 Å². The van der Waals surface area contributed by atoms with Gasteiger partial charge in [0.1, 0.15) is 11.5 Å².